The van der Waals surface area contributed by atoms with Gasteiger partial charge in [-0.1, -0.05) is 24.3 Å². The van der Waals surface area contributed by atoms with Gasteiger partial charge < -0.3 is 43.8 Å². The first-order valence-corrected chi connectivity index (χ1v) is 17.2. The van der Waals surface area contributed by atoms with Crippen LogP contribution in [0.25, 0.3) is 11.0 Å². The molecule has 1 unspecified atom stereocenters. The zero-order valence-electron chi connectivity index (χ0n) is 30.0. The fourth-order valence-electron chi connectivity index (χ4n) is 7.57. The molecule has 0 saturated carbocycles. The number of carboxylic acid groups (broad SMARTS) is 1. The van der Waals surface area contributed by atoms with Crippen molar-refractivity contribution in [3.05, 3.63) is 77.6 Å². The smallest absolute Gasteiger partial charge is 0.548 e. The zero-order valence-corrected chi connectivity index (χ0v) is 30.0. The number of hydrogen-bond acceptors (Lipinski definition) is 9. The number of carbonyl (C=O) groups excluding carboxylic acids is 2. The summed E-state index contributed by atoms with van der Waals surface area (Å²) in [4.78, 5) is 34.8. The third-order valence-electron chi connectivity index (χ3n) is 10.1. The van der Waals surface area contributed by atoms with Crippen LogP contribution in [-0.2, 0) is 29.1 Å². The Balaban J connectivity index is 0.00000504. The number of para-hydroxylation sites is 2. The SMILES string of the molecule is COc1cc(CN2CCC(CCCN3CCC(Nc4nc5ccccc5n4CC(=O)[O-])CC3)(Cc3ccc(F)cc3)C2=O)cc(OC)c1OC.[Li+]. The fraction of sp³-hybridized carbons (Fsp3) is 0.447. The van der Waals surface area contributed by atoms with Crippen LogP contribution in [0.4, 0.5) is 10.3 Å². The molecule has 1 amide bonds. The van der Waals surface area contributed by atoms with Gasteiger partial charge in [-0.15, -0.1) is 0 Å². The number of benzene rings is 3. The van der Waals surface area contributed by atoms with Gasteiger partial charge in [0.15, 0.2) is 11.5 Å². The van der Waals surface area contributed by atoms with Crippen LogP contribution in [0.3, 0.4) is 0 Å². The summed E-state index contributed by atoms with van der Waals surface area (Å²) in [6.07, 6.45) is 4.61. The third kappa shape index (κ3) is 8.63. The number of halogens is 1. The molecule has 1 atom stereocenters. The second kappa shape index (κ2) is 16.8. The standard InChI is InChI=1S/C38H46FN5O6.Li/c1-48-32-21-27(22-33(49-2)35(32)50-3)24-43-20-16-38(36(43)47,23-26-9-11-28(39)12-10-26)15-6-17-42-18-13-29(14-19-42)40-37-41-30-7-4-5-8-31(30)44(37)25-34(45)46;/h4-5,7-12,21-22,29H,6,13-20,23-25H2,1-3H3,(H,40,41)(H,45,46);/q;+1/p-1. The molecule has 2 aliphatic rings. The summed E-state index contributed by atoms with van der Waals surface area (Å²) in [6.45, 7) is 3.39. The van der Waals surface area contributed by atoms with Crippen LogP contribution in [0.15, 0.2) is 60.7 Å². The van der Waals surface area contributed by atoms with Gasteiger partial charge in [-0.3, -0.25) is 4.79 Å². The van der Waals surface area contributed by atoms with Gasteiger partial charge in [-0.25, -0.2) is 9.37 Å². The quantitative estimate of drug-likeness (QED) is 0.184. The van der Waals surface area contributed by atoms with Crippen molar-refractivity contribution in [1.29, 1.82) is 0 Å². The zero-order chi connectivity index (χ0) is 35.3. The van der Waals surface area contributed by atoms with E-state index in [-0.39, 0.29) is 43.2 Å². The monoisotopic (exact) mass is 693 g/mol. The minimum atomic E-state index is -1.16. The molecule has 0 radical (unpaired) electrons. The first-order valence-electron chi connectivity index (χ1n) is 17.2. The number of methoxy groups -OCH3 is 3. The number of piperidine rings is 1. The fourth-order valence-corrected chi connectivity index (χ4v) is 7.57. The van der Waals surface area contributed by atoms with E-state index in [4.69, 9.17) is 14.2 Å². The molecule has 3 aromatic carbocycles. The number of nitrogens with one attached hydrogen (secondary N) is 1. The molecule has 2 fully saturated rings. The molecule has 3 heterocycles. The van der Waals surface area contributed by atoms with E-state index in [0.717, 1.165) is 67.5 Å². The molecular formula is C38H45FLiN5O6. The van der Waals surface area contributed by atoms with Crippen LogP contribution < -0.4 is 43.5 Å². The molecule has 51 heavy (non-hydrogen) atoms. The molecule has 13 heteroatoms. The molecule has 266 valence electrons. The summed E-state index contributed by atoms with van der Waals surface area (Å²) >= 11 is 0. The number of fused-ring (bicyclic) bond motifs is 1. The van der Waals surface area contributed by atoms with Crippen LogP contribution in [0.5, 0.6) is 17.2 Å². The van der Waals surface area contributed by atoms with Gasteiger partial charge in [0.25, 0.3) is 0 Å². The van der Waals surface area contributed by atoms with Crippen LogP contribution in [0, 0.1) is 11.2 Å². The van der Waals surface area contributed by atoms with E-state index in [1.54, 1.807) is 38.0 Å². The molecular weight excluding hydrogens is 648 g/mol. The number of likely N-dealkylation sites (tertiary alicyclic amines) is 2. The van der Waals surface area contributed by atoms with E-state index in [1.165, 1.54) is 12.1 Å². The summed E-state index contributed by atoms with van der Waals surface area (Å²) in [5.41, 5.74) is 2.75. The van der Waals surface area contributed by atoms with Gasteiger partial charge >= 0.3 is 18.9 Å². The molecule has 0 bridgehead atoms. The second-order valence-corrected chi connectivity index (χ2v) is 13.3. The Morgan fingerprint density at radius 3 is 2.31 bits per heavy atom. The van der Waals surface area contributed by atoms with Crippen molar-refractivity contribution in [3.63, 3.8) is 0 Å². The number of ether oxygens (including phenoxy) is 3. The van der Waals surface area contributed by atoms with Crippen molar-refractivity contribution < 1.29 is 52.2 Å². The summed E-state index contributed by atoms with van der Waals surface area (Å²) in [7, 11) is 4.71. The third-order valence-corrected chi connectivity index (χ3v) is 10.1. The number of rotatable bonds is 15. The number of amides is 1. The maximum atomic E-state index is 14.3. The molecule has 11 nitrogen and oxygen atoms in total. The molecule has 4 aromatic rings. The minimum Gasteiger partial charge on any atom is -0.548 e. The predicted molar refractivity (Wildman–Crippen MR) is 186 cm³/mol. The number of carbonyl (C=O) groups is 2. The molecule has 6 rings (SSSR count). The van der Waals surface area contributed by atoms with Crippen molar-refractivity contribution in [1.82, 2.24) is 19.4 Å². The van der Waals surface area contributed by atoms with Gasteiger partial charge in [0.2, 0.25) is 17.6 Å². The Hall–Kier alpha value is -4.24. The molecule has 1 aromatic heterocycles. The first-order chi connectivity index (χ1) is 24.2. The van der Waals surface area contributed by atoms with E-state index < -0.39 is 11.4 Å². The normalized spacial score (nSPS) is 18.1. The van der Waals surface area contributed by atoms with Crippen LogP contribution >= 0.6 is 0 Å². The van der Waals surface area contributed by atoms with Gasteiger partial charge in [0, 0.05) is 32.2 Å². The Kier molecular flexibility index (Phi) is 12.6. The maximum absolute atomic E-state index is 14.3. The van der Waals surface area contributed by atoms with Gasteiger partial charge in [0.1, 0.15) is 5.82 Å². The Labute approximate surface area is 310 Å². The number of anilines is 1. The minimum absolute atomic E-state index is 0. The molecule has 2 saturated heterocycles. The van der Waals surface area contributed by atoms with Crippen molar-refractivity contribution in [2.24, 2.45) is 5.41 Å². The van der Waals surface area contributed by atoms with Crippen LogP contribution in [0.1, 0.15) is 43.2 Å². The second-order valence-electron chi connectivity index (χ2n) is 13.3. The molecule has 2 aliphatic heterocycles. The van der Waals surface area contributed by atoms with Crippen LogP contribution in [0.2, 0.25) is 0 Å². The van der Waals surface area contributed by atoms with Crippen LogP contribution in [-0.4, -0.2) is 84.8 Å². The van der Waals surface area contributed by atoms with Gasteiger partial charge in [0.05, 0.1) is 50.3 Å². The number of aliphatic carboxylic acids is 1. The Morgan fingerprint density at radius 2 is 1.67 bits per heavy atom. The number of aromatic nitrogens is 2. The number of carboxylic acids is 1. The van der Waals surface area contributed by atoms with Gasteiger partial charge in [-0.2, -0.15) is 0 Å². The largest absolute Gasteiger partial charge is 1.00 e. The Morgan fingerprint density at radius 1 is 0.980 bits per heavy atom. The van der Waals surface area contributed by atoms with Crippen molar-refractivity contribution in [2.45, 2.75) is 57.7 Å². The van der Waals surface area contributed by atoms with E-state index in [2.05, 4.69) is 15.2 Å². The molecule has 0 spiro atoms. The number of imidazole rings is 1. The van der Waals surface area contributed by atoms with E-state index >= 15 is 0 Å². The van der Waals surface area contributed by atoms with Crippen molar-refractivity contribution in [3.8, 4) is 17.2 Å². The summed E-state index contributed by atoms with van der Waals surface area (Å²) in [5, 5.41) is 15.0. The topological polar surface area (TPSA) is 121 Å². The van der Waals surface area contributed by atoms with E-state index in [9.17, 15) is 19.1 Å². The van der Waals surface area contributed by atoms with Crippen molar-refractivity contribution >= 4 is 28.9 Å². The maximum Gasteiger partial charge on any atom is 1.00 e. The Bertz CT molecular complexity index is 1790. The first kappa shape index (κ1) is 38.0. The summed E-state index contributed by atoms with van der Waals surface area (Å²) in [5.74, 6) is 0.798. The number of hydrogen-bond donors (Lipinski definition) is 1. The number of nitrogens with zero attached hydrogens (tertiary/aromatic N) is 4. The van der Waals surface area contributed by atoms with Crippen molar-refractivity contribution in [2.75, 3.05) is 52.8 Å². The average Bonchev–Trinajstić information content (AvgIpc) is 3.61. The molecule has 1 N–H and O–H groups in total. The average molecular weight is 694 g/mol. The van der Waals surface area contributed by atoms with Gasteiger partial charge in [-0.05, 0) is 92.6 Å². The predicted octanol–water partition coefficient (Wildman–Crippen LogP) is 1.27. The molecule has 0 aliphatic carbocycles. The summed E-state index contributed by atoms with van der Waals surface area (Å²) < 4.78 is 32.0. The van der Waals surface area contributed by atoms with E-state index in [0.29, 0.717) is 49.1 Å². The summed E-state index contributed by atoms with van der Waals surface area (Å²) in [6, 6.07) is 17.9. The van der Waals surface area contributed by atoms with E-state index in [1.807, 2.05) is 41.3 Å².